The molecule has 0 spiro atoms. The molecule has 1 aromatic carbocycles. The van der Waals surface area contributed by atoms with Gasteiger partial charge in [-0.15, -0.1) is 0 Å². The van der Waals surface area contributed by atoms with Gasteiger partial charge in [-0.05, 0) is 18.2 Å². The highest BCUT2D eigenvalue weighted by Crippen LogP contribution is 2.29. The fourth-order valence-electron chi connectivity index (χ4n) is 2.25. The van der Waals surface area contributed by atoms with Gasteiger partial charge in [0.05, 0.1) is 5.39 Å². The van der Waals surface area contributed by atoms with E-state index in [0.717, 1.165) is 47.0 Å². The van der Waals surface area contributed by atoms with Gasteiger partial charge in [-0.25, -0.2) is 9.97 Å². The lowest BCUT2D eigenvalue weighted by atomic mass is 10.2. The van der Waals surface area contributed by atoms with E-state index >= 15 is 0 Å². The van der Waals surface area contributed by atoms with E-state index in [0.29, 0.717) is 5.71 Å². The number of aromatic nitrogens is 2. The van der Waals surface area contributed by atoms with Crippen LogP contribution in [0.3, 0.4) is 0 Å². The summed E-state index contributed by atoms with van der Waals surface area (Å²) in [7, 11) is 0. The van der Waals surface area contributed by atoms with Gasteiger partial charge in [0, 0.05) is 24.5 Å². The Morgan fingerprint density at radius 1 is 1.13 bits per heavy atom. The van der Waals surface area contributed by atoms with Crippen molar-refractivity contribution >= 4 is 28.7 Å². The first kappa shape index (κ1) is 15.8. The van der Waals surface area contributed by atoms with Crippen molar-refractivity contribution in [2.24, 2.45) is 0 Å². The maximum Gasteiger partial charge on any atom is 0.231 e. The monoisotopic (exact) mass is 329 g/mol. The molecule has 5 nitrogen and oxygen atoms in total. The zero-order valence-corrected chi connectivity index (χ0v) is 13.6. The second kappa shape index (κ2) is 7.99. The molecule has 0 saturated carbocycles. The summed E-state index contributed by atoms with van der Waals surface area (Å²) in [6, 6.07) is 11.9. The minimum absolute atomic E-state index is 0.254. The quantitative estimate of drug-likeness (QED) is 0.617. The smallest absolute Gasteiger partial charge is 0.231 e. The Balaban J connectivity index is 1.70. The molecule has 0 aliphatic heterocycles. The first-order valence-corrected chi connectivity index (χ1v) is 8.76. The Bertz CT molecular complexity index is 746. The number of aliphatic hydroxyl groups is 1. The van der Waals surface area contributed by atoms with Crippen LogP contribution < -0.4 is 5.32 Å². The third-order valence-electron chi connectivity index (χ3n) is 3.37. The molecule has 0 fully saturated rings. The van der Waals surface area contributed by atoms with E-state index in [4.69, 9.17) is 9.52 Å². The average molecular weight is 329 g/mol. The number of hydrogen-bond donors (Lipinski definition) is 2. The van der Waals surface area contributed by atoms with Gasteiger partial charge in [0.1, 0.15) is 17.9 Å². The van der Waals surface area contributed by atoms with E-state index in [9.17, 15) is 0 Å². The molecular formula is C17H19N3O2S. The minimum Gasteiger partial charge on any atom is -0.438 e. The molecule has 0 saturated heterocycles. The third-order valence-corrected chi connectivity index (χ3v) is 4.44. The van der Waals surface area contributed by atoms with Crippen LogP contribution in [0, 0.1) is 0 Å². The Labute approximate surface area is 139 Å². The van der Waals surface area contributed by atoms with E-state index in [-0.39, 0.29) is 6.61 Å². The maximum absolute atomic E-state index is 8.76. The molecule has 120 valence electrons. The van der Waals surface area contributed by atoms with E-state index in [1.807, 2.05) is 48.2 Å². The van der Waals surface area contributed by atoms with Gasteiger partial charge in [-0.2, -0.15) is 11.8 Å². The Morgan fingerprint density at radius 3 is 2.83 bits per heavy atom. The molecule has 0 unspecified atom stereocenters. The number of aliphatic hydroxyl groups excluding tert-OH is 1. The number of rotatable bonds is 8. The summed E-state index contributed by atoms with van der Waals surface area (Å²) in [5.41, 5.74) is 1.62. The number of hydrogen-bond acceptors (Lipinski definition) is 6. The lowest BCUT2D eigenvalue weighted by Gasteiger charge is -2.05. The first-order valence-electron chi connectivity index (χ1n) is 7.61. The van der Waals surface area contributed by atoms with Crippen LogP contribution in [0.2, 0.25) is 0 Å². The molecule has 0 aliphatic carbocycles. The highest BCUT2D eigenvalue weighted by molar-refractivity contribution is 7.99. The minimum atomic E-state index is 0.254. The van der Waals surface area contributed by atoms with Crippen molar-refractivity contribution in [3.8, 4) is 11.3 Å². The Morgan fingerprint density at radius 2 is 2.00 bits per heavy atom. The van der Waals surface area contributed by atoms with Gasteiger partial charge in [0.15, 0.2) is 0 Å². The van der Waals surface area contributed by atoms with Gasteiger partial charge in [0.2, 0.25) is 5.71 Å². The summed E-state index contributed by atoms with van der Waals surface area (Å²) in [5, 5.41) is 13.0. The molecular weight excluding hydrogens is 310 g/mol. The fraction of sp³-hybridized carbons (Fsp3) is 0.294. The number of nitrogens with one attached hydrogen (secondary N) is 1. The number of thioether (sulfide) groups is 1. The summed E-state index contributed by atoms with van der Waals surface area (Å²) in [4.78, 5) is 8.52. The van der Waals surface area contributed by atoms with Crippen LogP contribution in [0.1, 0.15) is 6.42 Å². The van der Waals surface area contributed by atoms with Crippen LogP contribution in [-0.4, -0.2) is 39.7 Å². The number of furan rings is 1. The summed E-state index contributed by atoms with van der Waals surface area (Å²) >= 11 is 1.82. The molecule has 23 heavy (non-hydrogen) atoms. The van der Waals surface area contributed by atoms with Crippen LogP contribution in [0.25, 0.3) is 22.4 Å². The van der Waals surface area contributed by atoms with Crippen molar-refractivity contribution < 1.29 is 9.52 Å². The molecule has 0 aliphatic rings. The average Bonchev–Trinajstić information content (AvgIpc) is 3.04. The van der Waals surface area contributed by atoms with Crippen molar-refractivity contribution in [1.29, 1.82) is 0 Å². The van der Waals surface area contributed by atoms with Crippen LogP contribution in [0.4, 0.5) is 5.82 Å². The largest absolute Gasteiger partial charge is 0.438 e. The molecule has 0 atom stereocenters. The Hall–Kier alpha value is -2.05. The molecule has 2 aromatic heterocycles. The molecule has 2 heterocycles. The second-order valence-electron chi connectivity index (χ2n) is 5.03. The summed E-state index contributed by atoms with van der Waals surface area (Å²) in [6.07, 6.45) is 2.35. The van der Waals surface area contributed by atoms with Gasteiger partial charge in [-0.3, -0.25) is 0 Å². The fourth-order valence-corrected chi connectivity index (χ4v) is 3.04. The van der Waals surface area contributed by atoms with E-state index in [1.165, 1.54) is 6.33 Å². The van der Waals surface area contributed by atoms with Crippen molar-refractivity contribution in [3.63, 3.8) is 0 Å². The highest BCUT2D eigenvalue weighted by Gasteiger charge is 2.11. The van der Waals surface area contributed by atoms with Crippen LogP contribution in [0.5, 0.6) is 0 Å². The number of anilines is 1. The van der Waals surface area contributed by atoms with Crippen molar-refractivity contribution in [2.75, 3.05) is 30.0 Å². The number of benzene rings is 1. The summed E-state index contributed by atoms with van der Waals surface area (Å²) in [6.45, 7) is 1.07. The van der Waals surface area contributed by atoms with Crippen LogP contribution >= 0.6 is 11.8 Å². The summed E-state index contributed by atoms with van der Waals surface area (Å²) in [5.74, 6) is 3.53. The van der Waals surface area contributed by atoms with Crippen molar-refractivity contribution in [1.82, 2.24) is 9.97 Å². The Kier molecular flexibility index (Phi) is 5.50. The predicted molar refractivity (Wildman–Crippen MR) is 94.8 cm³/mol. The summed E-state index contributed by atoms with van der Waals surface area (Å²) < 4.78 is 5.83. The zero-order chi connectivity index (χ0) is 15.9. The van der Waals surface area contributed by atoms with Gasteiger partial charge in [0.25, 0.3) is 0 Å². The second-order valence-corrected chi connectivity index (χ2v) is 6.26. The van der Waals surface area contributed by atoms with Crippen molar-refractivity contribution in [2.45, 2.75) is 6.42 Å². The van der Waals surface area contributed by atoms with Crippen molar-refractivity contribution in [3.05, 3.63) is 42.7 Å². The molecule has 0 radical (unpaired) electrons. The standard InChI is InChI=1S/C17H19N3O2S/c21-8-4-9-23-10-7-18-16-14-11-15(13-5-2-1-3-6-13)22-17(14)20-12-19-16/h1-3,5-6,11-12,21H,4,7-10H2,(H,18,19,20). The van der Waals surface area contributed by atoms with Gasteiger partial charge < -0.3 is 14.8 Å². The third kappa shape index (κ3) is 4.03. The highest BCUT2D eigenvalue weighted by atomic mass is 32.2. The van der Waals surface area contributed by atoms with E-state index < -0.39 is 0 Å². The van der Waals surface area contributed by atoms with E-state index in [2.05, 4.69) is 15.3 Å². The zero-order valence-electron chi connectivity index (χ0n) is 12.7. The maximum atomic E-state index is 8.76. The van der Waals surface area contributed by atoms with Crippen LogP contribution in [-0.2, 0) is 0 Å². The molecule has 2 N–H and O–H groups in total. The number of fused-ring (bicyclic) bond motifs is 1. The SMILES string of the molecule is OCCCSCCNc1ncnc2oc(-c3ccccc3)cc12. The lowest BCUT2D eigenvalue weighted by Crippen LogP contribution is -2.06. The van der Waals surface area contributed by atoms with Crippen LogP contribution in [0.15, 0.2) is 47.1 Å². The molecule has 3 aromatic rings. The first-order chi connectivity index (χ1) is 11.4. The van der Waals surface area contributed by atoms with Gasteiger partial charge >= 0.3 is 0 Å². The molecule has 0 bridgehead atoms. The lowest BCUT2D eigenvalue weighted by molar-refractivity contribution is 0.296. The molecule has 3 rings (SSSR count). The molecule has 0 amide bonds. The predicted octanol–water partition coefficient (Wildman–Crippen LogP) is 3.42. The van der Waals surface area contributed by atoms with E-state index in [1.54, 1.807) is 0 Å². The number of nitrogens with zero attached hydrogens (tertiary/aromatic N) is 2. The topological polar surface area (TPSA) is 71.2 Å². The molecule has 6 heteroatoms. The van der Waals surface area contributed by atoms with Gasteiger partial charge in [-0.1, -0.05) is 30.3 Å². The normalized spacial score (nSPS) is 11.0.